The minimum Gasteiger partial charge on any atom is -0.435 e. The Balaban J connectivity index is 2.14. The monoisotopic (exact) mass is 315 g/mol. The van der Waals surface area contributed by atoms with Gasteiger partial charge in [0.25, 0.3) is 5.91 Å². The molecular weight excluding hydrogens is 294 g/mol. The van der Waals surface area contributed by atoms with Gasteiger partial charge >= 0.3 is 0 Å². The number of aromatic nitrogens is 1. The highest BCUT2D eigenvalue weighted by Gasteiger charge is 2.18. The van der Waals surface area contributed by atoms with Gasteiger partial charge in [-0.15, -0.1) is 0 Å². The van der Waals surface area contributed by atoms with Crippen molar-refractivity contribution in [2.75, 3.05) is 12.4 Å². The molecule has 0 fully saturated rings. The molecule has 122 valence electrons. The number of aryl methyl sites for hydroxylation is 3. The van der Waals surface area contributed by atoms with Crippen molar-refractivity contribution in [3.8, 4) is 0 Å². The summed E-state index contributed by atoms with van der Waals surface area (Å²) in [6.45, 7) is 3.66. The maximum absolute atomic E-state index is 12.4. The number of carbonyl (C=O) groups is 2. The van der Waals surface area contributed by atoms with Gasteiger partial charge in [0.15, 0.2) is 5.89 Å². The average Bonchev–Trinajstić information content (AvgIpc) is 2.94. The van der Waals surface area contributed by atoms with Crippen LogP contribution in [0.15, 0.2) is 28.7 Å². The molecule has 6 nitrogen and oxygen atoms in total. The van der Waals surface area contributed by atoms with E-state index < -0.39 is 0 Å². The third-order valence-electron chi connectivity index (χ3n) is 3.52. The lowest BCUT2D eigenvalue weighted by molar-refractivity contribution is -0.120. The van der Waals surface area contributed by atoms with Crippen LogP contribution in [-0.4, -0.2) is 23.8 Å². The van der Waals surface area contributed by atoms with E-state index in [1.807, 2.05) is 31.2 Å². The first-order valence-corrected chi connectivity index (χ1v) is 7.61. The Hall–Kier alpha value is -2.63. The molecular formula is C17H21N3O3. The number of rotatable bonds is 6. The van der Waals surface area contributed by atoms with Crippen LogP contribution in [0.1, 0.15) is 41.0 Å². The molecule has 1 aromatic carbocycles. The molecule has 0 aliphatic carbocycles. The molecule has 0 spiro atoms. The molecule has 0 aliphatic rings. The van der Waals surface area contributed by atoms with Gasteiger partial charge in [-0.05, 0) is 25.0 Å². The molecule has 0 bridgehead atoms. The van der Waals surface area contributed by atoms with E-state index in [4.69, 9.17) is 4.42 Å². The van der Waals surface area contributed by atoms with Gasteiger partial charge in [0, 0.05) is 25.6 Å². The first-order valence-electron chi connectivity index (χ1n) is 7.61. The number of nitrogens with zero attached hydrogens (tertiary/aromatic N) is 1. The predicted molar refractivity (Wildman–Crippen MR) is 87.4 cm³/mol. The number of hydrogen-bond donors (Lipinski definition) is 2. The molecule has 2 aromatic rings. The van der Waals surface area contributed by atoms with Gasteiger partial charge in [0.1, 0.15) is 0 Å². The maximum atomic E-state index is 12.4. The Morgan fingerprint density at radius 1 is 1.26 bits per heavy atom. The van der Waals surface area contributed by atoms with E-state index in [1.54, 1.807) is 14.0 Å². The Labute approximate surface area is 135 Å². The van der Waals surface area contributed by atoms with E-state index in [1.165, 1.54) is 0 Å². The van der Waals surface area contributed by atoms with Crippen molar-refractivity contribution in [1.82, 2.24) is 10.3 Å². The van der Waals surface area contributed by atoms with E-state index in [2.05, 4.69) is 15.6 Å². The summed E-state index contributed by atoms with van der Waals surface area (Å²) in [5.41, 5.74) is 2.15. The van der Waals surface area contributed by atoms with E-state index in [-0.39, 0.29) is 17.6 Å². The third kappa shape index (κ3) is 4.18. The van der Waals surface area contributed by atoms with E-state index in [9.17, 15) is 9.59 Å². The van der Waals surface area contributed by atoms with Crippen molar-refractivity contribution in [2.24, 2.45) is 0 Å². The van der Waals surface area contributed by atoms with Gasteiger partial charge in [0.05, 0.1) is 5.69 Å². The molecule has 0 saturated carbocycles. The lowest BCUT2D eigenvalue weighted by Gasteiger charge is -2.10. The van der Waals surface area contributed by atoms with Crippen LogP contribution in [0.5, 0.6) is 0 Å². The summed E-state index contributed by atoms with van der Waals surface area (Å²) in [5, 5.41) is 5.43. The molecule has 0 aliphatic heterocycles. The molecule has 0 saturated heterocycles. The smallest absolute Gasteiger partial charge is 0.293 e. The zero-order valence-corrected chi connectivity index (χ0v) is 13.6. The quantitative estimate of drug-likeness (QED) is 0.857. The highest BCUT2D eigenvalue weighted by atomic mass is 16.4. The van der Waals surface area contributed by atoms with Crippen LogP contribution >= 0.6 is 0 Å². The van der Waals surface area contributed by atoms with Crippen molar-refractivity contribution in [3.63, 3.8) is 0 Å². The number of carbonyl (C=O) groups excluding carboxylic acids is 2. The zero-order valence-electron chi connectivity index (χ0n) is 13.6. The summed E-state index contributed by atoms with van der Waals surface area (Å²) in [7, 11) is 1.61. The number of para-hydroxylation sites is 1. The van der Waals surface area contributed by atoms with Crippen LogP contribution in [0.25, 0.3) is 0 Å². The summed E-state index contributed by atoms with van der Waals surface area (Å²) < 4.78 is 5.47. The predicted octanol–water partition coefficient (Wildman–Crippen LogP) is 2.48. The van der Waals surface area contributed by atoms with Crippen molar-refractivity contribution in [3.05, 3.63) is 47.2 Å². The molecule has 23 heavy (non-hydrogen) atoms. The normalized spacial score (nSPS) is 10.4. The number of nitrogens with one attached hydrogen (secondary N) is 2. The lowest BCUT2D eigenvalue weighted by atomic mass is 10.1. The molecule has 0 unspecified atom stereocenters. The second-order valence-electron chi connectivity index (χ2n) is 5.16. The molecule has 6 heteroatoms. The Morgan fingerprint density at radius 3 is 2.65 bits per heavy atom. The minimum absolute atomic E-state index is 0.0372. The fraction of sp³-hybridized carbons (Fsp3) is 0.353. The Kier molecular flexibility index (Phi) is 5.51. The van der Waals surface area contributed by atoms with Crippen LogP contribution in [0.2, 0.25) is 0 Å². The van der Waals surface area contributed by atoms with Crippen molar-refractivity contribution in [2.45, 2.75) is 33.1 Å². The highest BCUT2D eigenvalue weighted by molar-refractivity contribution is 6.03. The highest BCUT2D eigenvalue weighted by Crippen LogP contribution is 2.19. The van der Waals surface area contributed by atoms with Crippen LogP contribution < -0.4 is 10.6 Å². The van der Waals surface area contributed by atoms with E-state index >= 15 is 0 Å². The van der Waals surface area contributed by atoms with Crippen LogP contribution in [0, 0.1) is 6.92 Å². The first-order chi connectivity index (χ1) is 11.0. The molecule has 0 radical (unpaired) electrons. The number of amides is 2. The number of anilines is 1. The Bertz CT molecular complexity index is 707. The van der Waals surface area contributed by atoms with Gasteiger partial charge in [-0.3, -0.25) is 9.59 Å². The maximum Gasteiger partial charge on any atom is 0.293 e. The molecule has 1 heterocycles. The average molecular weight is 315 g/mol. The zero-order chi connectivity index (χ0) is 16.8. The first kappa shape index (κ1) is 16.7. The van der Waals surface area contributed by atoms with Crippen LogP contribution in [0.3, 0.4) is 0 Å². The standard InChI is InChI=1S/C17H21N3O3/c1-4-15-19-11(2)16(23-15)17(22)20-13-8-6-5-7-12(13)9-10-14(21)18-3/h5-8H,4,9-10H2,1-3H3,(H,18,21)(H,20,22). The van der Waals surface area contributed by atoms with Gasteiger partial charge in [-0.1, -0.05) is 25.1 Å². The largest absolute Gasteiger partial charge is 0.435 e. The molecule has 2 N–H and O–H groups in total. The Morgan fingerprint density at radius 2 is 2.00 bits per heavy atom. The number of benzene rings is 1. The fourth-order valence-corrected chi connectivity index (χ4v) is 2.23. The fourth-order valence-electron chi connectivity index (χ4n) is 2.23. The number of hydrogen-bond acceptors (Lipinski definition) is 4. The summed E-state index contributed by atoms with van der Waals surface area (Å²) >= 11 is 0. The second-order valence-corrected chi connectivity index (χ2v) is 5.16. The van der Waals surface area contributed by atoms with Gasteiger partial charge < -0.3 is 15.1 Å². The van der Waals surface area contributed by atoms with Crippen molar-refractivity contribution < 1.29 is 14.0 Å². The molecule has 2 amide bonds. The summed E-state index contributed by atoms with van der Waals surface area (Å²) in [4.78, 5) is 28.0. The van der Waals surface area contributed by atoms with Crippen molar-refractivity contribution in [1.29, 1.82) is 0 Å². The van der Waals surface area contributed by atoms with Crippen LogP contribution in [0.4, 0.5) is 5.69 Å². The molecule has 1 aromatic heterocycles. The van der Waals surface area contributed by atoms with Crippen molar-refractivity contribution >= 4 is 17.5 Å². The van der Waals surface area contributed by atoms with Crippen LogP contribution in [-0.2, 0) is 17.6 Å². The van der Waals surface area contributed by atoms with Gasteiger partial charge in [0.2, 0.25) is 11.7 Å². The number of oxazole rings is 1. The van der Waals surface area contributed by atoms with E-state index in [0.717, 1.165) is 5.56 Å². The van der Waals surface area contributed by atoms with Gasteiger partial charge in [-0.25, -0.2) is 4.98 Å². The molecule has 0 atom stereocenters. The summed E-state index contributed by atoms with van der Waals surface area (Å²) in [5.74, 6) is 0.399. The van der Waals surface area contributed by atoms with Gasteiger partial charge in [-0.2, -0.15) is 0 Å². The summed E-state index contributed by atoms with van der Waals surface area (Å²) in [6, 6.07) is 7.42. The SMILES string of the molecule is CCc1nc(C)c(C(=O)Nc2ccccc2CCC(=O)NC)o1. The summed E-state index contributed by atoms with van der Waals surface area (Å²) in [6.07, 6.45) is 1.55. The van der Waals surface area contributed by atoms with E-state index in [0.29, 0.717) is 36.5 Å². The topological polar surface area (TPSA) is 84.2 Å². The minimum atomic E-state index is -0.331. The third-order valence-corrected chi connectivity index (χ3v) is 3.52. The lowest BCUT2D eigenvalue weighted by Crippen LogP contribution is -2.18. The second kappa shape index (κ2) is 7.58. The molecule has 2 rings (SSSR count).